The van der Waals surface area contributed by atoms with Crippen molar-refractivity contribution in [2.45, 2.75) is 26.6 Å². The number of halogens is 1. The van der Waals surface area contributed by atoms with Gasteiger partial charge >= 0.3 is 0 Å². The highest BCUT2D eigenvalue weighted by Crippen LogP contribution is 2.37. The van der Waals surface area contributed by atoms with Gasteiger partial charge in [0.25, 0.3) is 0 Å². The number of aromatic nitrogens is 4. The van der Waals surface area contributed by atoms with Crippen LogP contribution in [0.5, 0.6) is 11.5 Å². The molecule has 2 aromatic carbocycles. The van der Waals surface area contributed by atoms with E-state index >= 15 is 0 Å². The van der Waals surface area contributed by atoms with Crippen LogP contribution in [0.25, 0.3) is 0 Å². The van der Waals surface area contributed by atoms with Gasteiger partial charge in [0.1, 0.15) is 6.61 Å². The van der Waals surface area contributed by atoms with Gasteiger partial charge in [0.05, 0.1) is 11.6 Å². The first kappa shape index (κ1) is 18.2. The number of hydrogen-bond donors (Lipinski definition) is 1. The minimum absolute atomic E-state index is 0.471. The molecule has 0 saturated carbocycles. The number of nitrogens with zero attached hydrogens (tertiary/aromatic N) is 4. The maximum Gasteiger partial charge on any atom is 0.243 e. The summed E-state index contributed by atoms with van der Waals surface area (Å²) in [5.74, 6) is 1.98. The SMILES string of the molecule is CCn1nnnc1NCc1cc(Br)c(OCc2ccccc2)c(OC)c1. The van der Waals surface area contributed by atoms with Crippen LogP contribution >= 0.6 is 15.9 Å². The van der Waals surface area contributed by atoms with E-state index in [-0.39, 0.29) is 0 Å². The molecule has 7 nitrogen and oxygen atoms in total. The predicted octanol–water partition coefficient (Wildman–Crippen LogP) is 3.66. The summed E-state index contributed by atoms with van der Waals surface area (Å²) in [6, 6.07) is 13.9. The van der Waals surface area contributed by atoms with Gasteiger partial charge in [0.2, 0.25) is 5.95 Å². The van der Waals surface area contributed by atoms with Gasteiger partial charge in [0.15, 0.2) is 11.5 Å². The molecule has 1 N–H and O–H groups in total. The lowest BCUT2D eigenvalue weighted by Crippen LogP contribution is -2.08. The highest BCUT2D eigenvalue weighted by Gasteiger charge is 2.13. The Labute approximate surface area is 160 Å². The molecule has 0 aliphatic heterocycles. The monoisotopic (exact) mass is 417 g/mol. The van der Waals surface area contributed by atoms with Gasteiger partial charge < -0.3 is 14.8 Å². The fourth-order valence-electron chi connectivity index (χ4n) is 2.47. The number of ether oxygens (including phenoxy) is 2. The van der Waals surface area contributed by atoms with E-state index in [1.54, 1.807) is 11.8 Å². The molecule has 1 aromatic heterocycles. The second kappa shape index (κ2) is 8.66. The zero-order valence-electron chi connectivity index (χ0n) is 14.6. The van der Waals surface area contributed by atoms with Crippen LogP contribution in [0.2, 0.25) is 0 Å². The Morgan fingerprint density at radius 1 is 1.15 bits per heavy atom. The van der Waals surface area contributed by atoms with Crippen LogP contribution in [-0.4, -0.2) is 27.3 Å². The summed E-state index contributed by atoms with van der Waals surface area (Å²) in [5, 5.41) is 14.8. The van der Waals surface area contributed by atoms with E-state index in [0.717, 1.165) is 15.6 Å². The Morgan fingerprint density at radius 3 is 2.69 bits per heavy atom. The van der Waals surface area contributed by atoms with E-state index < -0.39 is 0 Å². The van der Waals surface area contributed by atoms with E-state index in [0.29, 0.717) is 37.1 Å². The highest BCUT2D eigenvalue weighted by molar-refractivity contribution is 9.10. The number of rotatable bonds is 8. The summed E-state index contributed by atoms with van der Waals surface area (Å²) in [6.07, 6.45) is 0. The molecule has 0 radical (unpaired) electrons. The fraction of sp³-hybridized carbons (Fsp3) is 0.278. The first-order valence-electron chi connectivity index (χ1n) is 8.24. The van der Waals surface area contributed by atoms with Crippen molar-refractivity contribution in [3.8, 4) is 11.5 Å². The standard InChI is InChI=1S/C18H20BrN5O2/c1-3-24-18(21-22-23-24)20-11-14-9-15(19)17(16(10-14)25-2)26-12-13-7-5-4-6-8-13/h4-10H,3,11-12H2,1-2H3,(H,20,21,23). The number of anilines is 1. The zero-order valence-corrected chi connectivity index (χ0v) is 16.2. The first-order chi connectivity index (χ1) is 12.7. The third kappa shape index (κ3) is 4.32. The molecule has 8 heteroatoms. The topological polar surface area (TPSA) is 74.1 Å². The summed E-state index contributed by atoms with van der Waals surface area (Å²) < 4.78 is 14.0. The number of aryl methyl sites for hydroxylation is 1. The molecule has 0 aliphatic rings. The van der Waals surface area contributed by atoms with Crippen LogP contribution < -0.4 is 14.8 Å². The molecule has 0 amide bonds. The van der Waals surface area contributed by atoms with Crippen molar-refractivity contribution < 1.29 is 9.47 Å². The molecule has 0 unspecified atom stereocenters. The van der Waals surface area contributed by atoms with E-state index in [1.165, 1.54) is 0 Å². The van der Waals surface area contributed by atoms with E-state index in [9.17, 15) is 0 Å². The van der Waals surface area contributed by atoms with Gasteiger partial charge in [0, 0.05) is 13.1 Å². The Balaban J connectivity index is 1.72. The first-order valence-corrected chi connectivity index (χ1v) is 9.03. The molecule has 0 fully saturated rings. The second-order valence-electron chi connectivity index (χ2n) is 5.56. The molecule has 0 spiro atoms. The van der Waals surface area contributed by atoms with Gasteiger partial charge in [-0.3, -0.25) is 0 Å². The largest absolute Gasteiger partial charge is 0.493 e. The quantitative estimate of drug-likeness (QED) is 0.602. The third-order valence-electron chi connectivity index (χ3n) is 3.80. The van der Waals surface area contributed by atoms with Crippen molar-refractivity contribution in [2.24, 2.45) is 0 Å². The normalized spacial score (nSPS) is 10.6. The lowest BCUT2D eigenvalue weighted by atomic mass is 10.2. The predicted molar refractivity (Wildman–Crippen MR) is 102 cm³/mol. The van der Waals surface area contributed by atoms with Crippen molar-refractivity contribution in [1.82, 2.24) is 20.2 Å². The van der Waals surface area contributed by atoms with Crippen LogP contribution in [0.15, 0.2) is 46.9 Å². The maximum atomic E-state index is 5.96. The van der Waals surface area contributed by atoms with Crippen LogP contribution in [-0.2, 0) is 19.7 Å². The van der Waals surface area contributed by atoms with Crippen LogP contribution in [0.3, 0.4) is 0 Å². The third-order valence-corrected chi connectivity index (χ3v) is 4.39. The van der Waals surface area contributed by atoms with Gasteiger partial charge in [-0.2, -0.15) is 0 Å². The average molecular weight is 418 g/mol. The molecular weight excluding hydrogens is 398 g/mol. The smallest absolute Gasteiger partial charge is 0.243 e. The van der Waals surface area contributed by atoms with Gasteiger partial charge in [-0.15, -0.1) is 0 Å². The van der Waals surface area contributed by atoms with Gasteiger partial charge in [-0.1, -0.05) is 35.4 Å². The number of methoxy groups -OCH3 is 1. The van der Waals surface area contributed by atoms with E-state index in [4.69, 9.17) is 9.47 Å². The molecule has 136 valence electrons. The van der Waals surface area contributed by atoms with Gasteiger partial charge in [-0.25, -0.2) is 4.68 Å². The highest BCUT2D eigenvalue weighted by atomic mass is 79.9. The Morgan fingerprint density at radius 2 is 1.96 bits per heavy atom. The lowest BCUT2D eigenvalue weighted by molar-refractivity contribution is 0.282. The fourth-order valence-corrected chi connectivity index (χ4v) is 3.07. The Kier molecular flexibility index (Phi) is 6.06. The van der Waals surface area contributed by atoms with E-state index in [2.05, 4.69) is 36.8 Å². The minimum atomic E-state index is 0.471. The molecule has 1 heterocycles. The van der Waals surface area contributed by atoms with Crippen molar-refractivity contribution in [3.05, 3.63) is 58.1 Å². The molecule has 0 aliphatic carbocycles. The van der Waals surface area contributed by atoms with Crippen molar-refractivity contribution >= 4 is 21.9 Å². The molecule has 0 saturated heterocycles. The summed E-state index contributed by atoms with van der Waals surface area (Å²) in [6.45, 7) is 3.72. The molecule has 3 aromatic rings. The lowest BCUT2D eigenvalue weighted by Gasteiger charge is -2.15. The second-order valence-corrected chi connectivity index (χ2v) is 6.41. The molecule has 0 atom stereocenters. The van der Waals surface area contributed by atoms with Crippen LogP contribution in [0.4, 0.5) is 5.95 Å². The van der Waals surface area contributed by atoms with Gasteiger partial charge in [-0.05, 0) is 56.5 Å². The number of benzene rings is 2. The minimum Gasteiger partial charge on any atom is -0.493 e. The summed E-state index contributed by atoms with van der Waals surface area (Å²) in [7, 11) is 1.63. The molecular formula is C18H20BrN5O2. The van der Waals surface area contributed by atoms with E-state index in [1.807, 2.05) is 49.4 Å². The van der Waals surface area contributed by atoms with Crippen LogP contribution in [0.1, 0.15) is 18.1 Å². The summed E-state index contributed by atoms with van der Waals surface area (Å²) in [5.41, 5.74) is 2.12. The Hall–Kier alpha value is -2.61. The number of nitrogens with one attached hydrogen (secondary N) is 1. The molecule has 26 heavy (non-hydrogen) atoms. The van der Waals surface area contributed by atoms with Crippen LogP contribution in [0, 0.1) is 0 Å². The van der Waals surface area contributed by atoms with Crippen molar-refractivity contribution in [2.75, 3.05) is 12.4 Å². The maximum absolute atomic E-state index is 5.96. The molecule has 3 rings (SSSR count). The number of tetrazole rings is 1. The van der Waals surface area contributed by atoms with Crippen molar-refractivity contribution in [1.29, 1.82) is 0 Å². The molecule has 0 bridgehead atoms. The summed E-state index contributed by atoms with van der Waals surface area (Å²) >= 11 is 3.58. The average Bonchev–Trinajstić information content (AvgIpc) is 3.13. The zero-order chi connectivity index (χ0) is 18.4. The Bertz CT molecular complexity index is 854. The van der Waals surface area contributed by atoms with Crippen molar-refractivity contribution in [3.63, 3.8) is 0 Å². The summed E-state index contributed by atoms with van der Waals surface area (Å²) in [4.78, 5) is 0. The number of hydrogen-bond acceptors (Lipinski definition) is 6.